The van der Waals surface area contributed by atoms with Crippen LogP contribution < -0.4 is 5.43 Å². The number of benzene rings is 1. The largest absolute Gasteiger partial charge is 0.476 e. The Balaban J connectivity index is 2.52. The highest BCUT2D eigenvalue weighted by Gasteiger charge is 2.13. The van der Waals surface area contributed by atoms with Crippen molar-refractivity contribution in [3.8, 4) is 0 Å². The normalized spacial score (nSPS) is 14.2. The fourth-order valence-electron chi connectivity index (χ4n) is 1.47. The summed E-state index contributed by atoms with van der Waals surface area (Å²) in [5, 5.41) is 12.6. The Bertz CT molecular complexity index is 475. The summed E-state index contributed by atoms with van der Waals surface area (Å²) >= 11 is 0. The lowest BCUT2D eigenvalue weighted by atomic mass is 10.0. The van der Waals surface area contributed by atoms with Crippen LogP contribution in [-0.4, -0.2) is 16.8 Å². The number of anilines is 1. The minimum Gasteiger partial charge on any atom is -0.476 e. The highest BCUT2D eigenvalue weighted by atomic mass is 16.4. The molecule has 0 fully saturated rings. The number of hydrazone groups is 1. The van der Waals surface area contributed by atoms with Crippen molar-refractivity contribution in [2.45, 2.75) is 6.92 Å². The molecule has 2 N–H and O–H groups in total. The van der Waals surface area contributed by atoms with Crippen molar-refractivity contribution in [3.63, 3.8) is 0 Å². The number of aliphatic carboxylic acids is 1. The predicted molar refractivity (Wildman–Crippen MR) is 58.8 cm³/mol. The highest BCUT2D eigenvalue weighted by molar-refractivity contribution is 6.42. The van der Waals surface area contributed by atoms with Gasteiger partial charge in [0.1, 0.15) is 0 Å². The Hall–Kier alpha value is -2.10. The van der Waals surface area contributed by atoms with E-state index in [0.717, 1.165) is 16.8 Å². The Morgan fingerprint density at radius 3 is 2.87 bits per heavy atom. The van der Waals surface area contributed by atoms with E-state index in [0.29, 0.717) is 0 Å². The number of rotatable bonds is 1. The molecule has 76 valence electrons. The number of para-hydroxylation sites is 1. The second-order valence-corrected chi connectivity index (χ2v) is 3.29. The molecule has 15 heavy (non-hydrogen) atoms. The van der Waals surface area contributed by atoms with Crippen molar-refractivity contribution in [2.24, 2.45) is 5.10 Å². The van der Waals surface area contributed by atoms with Gasteiger partial charge in [0.15, 0.2) is 5.71 Å². The lowest BCUT2D eigenvalue weighted by molar-refractivity contribution is -0.129. The average molecular weight is 202 g/mol. The van der Waals surface area contributed by atoms with Crippen LogP contribution in [0.15, 0.2) is 35.4 Å². The van der Waals surface area contributed by atoms with E-state index in [1.165, 1.54) is 0 Å². The molecule has 1 heterocycles. The number of fused-ring (bicyclic) bond motifs is 1. The van der Waals surface area contributed by atoms with Crippen LogP contribution in [0.1, 0.15) is 12.5 Å². The molecule has 0 radical (unpaired) electrons. The molecule has 0 unspecified atom stereocenters. The van der Waals surface area contributed by atoms with Crippen LogP contribution in [0.2, 0.25) is 0 Å². The molecule has 0 spiro atoms. The van der Waals surface area contributed by atoms with E-state index >= 15 is 0 Å². The fourth-order valence-corrected chi connectivity index (χ4v) is 1.47. The van der Waals surface area contributed by atoms with E-state index in [1.54, 1.807) is 6.08 Å². The van der Waals surface area contributed by atoms with Gasteiger partial charge < -0.3 is 5.11 Å². The minimum absolute atomic E-state index is 0.0173. The smallest absolute Gasteiger partial charge is 0.356 e. The third-order valence-corrected chi connectivity index (χ3v) is 2.22. The quantitative estimate of drug-likeness (QED) is 0.731. The summed E-state index contributed by atoms with van der Waals surface area (Å²) in [7, 11) is 0. The maximum atomic E-state index is 10.8. The highest BCUT2D eigenvalue weighted by Crippen LogP contribution is 2.25. The van der Waals surface area contributed by atoms with Crippen molar-refractivity contribution in [2.75, 3.05) is 5.43 Å². The van der Waals surface area contributed by atoms with Gasteiger partial charge in [-0.05, 0) is 24.6 Å². The molecule has 1 aromatic carbocycles. The number of carboxylic acids is 1. The zero-order valence-corrected chi connectivity index (χ0v) is 8.19. The third-order valence-electron chi connectivity index (χ3n) is 2.22. The molecule has 0 atom stereocenters. The van der Waals surface area contributed by atoms with Crippen LogP contribution >= 0.6 is 0 Å². The van der Waals surface area contributed by atoms with Gasteiger partial charge >= 0.3 is 5.97 Å². The third kappa shape index (κ3) is 1.74. The van der Waals surface area contributed by atoms with Crippen molar-refractivity contribution < 1.29 is 9.90 Å². The molecule has 0 aromatic heterocycles. The van der Waals surface area contributed by atoms with Crippen LogP contribution in [0.3, 0.4) is 0 Å². The second kappa shape index (κ2) is 3.57. The molecule has 1 aliphatic heterocycles. The lowest BCUT2D eigenvalue weighted by Crippen LogP contribution is -2.11. The summed E-state index contributed by atoms with van der Waals surface area (Å²) < 4.78 is 0. The number of nitrogens with zero attached hydrogens (tertiary/aromatic N) is 1. The summed E-state index contributed by atoms with van der Waals surface area (Å²) in [6.45, 7) is 1.87. The first-order valence-corrected chi connectivity index (χ1v) is 4.53. The first kappa shape index (κ1) is 9.45. The van der Waals surface area contributed by atoms with Crippen LogP contribution in [0.5, 0.6) is 0 Å². The van der Waals surface area contributed by atoms with Gasteiger partial charge in [-0.25, -0.2) is 4.79 Å². The number of carboxylic acid groups (broad SMARTS) is 1. The molecule has 1 aliphatic rings. The van der Waals surface area contributed by atoms with E-state index in [-0.39, 0.29) is 5.71 Å². The Morgan fingerprint density at radius 2 is 2.13 bits per heavy atom. The van der Waals surface area contributed by atoms with Crippen molar-refractivity contribution in [1.29, 1.82) is 0 Å². The number of nitrogens with one attached hydrogen (secondary N) is 1. The fraction of sp³-hybridized carbons (Fsp3) is 0.0909. The number of carbonyl (C=O) groups is 1. The van der Waals surface area contributed by atoms with Crippen LogP contribution in [0.25, 0.3) is 5.57 Å². The van der Waals surface area contributed by atoms with E-state index in [2.05, 4.69) is 10.5 Å². The number of hydrogen-bond donors (Lipinski definition) is 2. The minimum atomic E-state index is -1.03. The molecule has 0 saturated heterocycles. The van der Waals surface area contributed by atoms with Gasteiger partial charge in [0.2, 0.25) is 0 Å². The summed E-state index contributed by atoms with van der Waals surface area (Å²) in [5.41, 5.74) is 5.44. The number of hydrogen-bond acceptors (Lipinski definition) is 3. The second-order valence-electron chi connectivity index (χ2n) is 3.29. The predicted octanol–water partition coefficient (Wildman–Crippen LogP) is 1.96. The van der Waals surface area contributed by atoms with Gasteiger partial charge in [-0.1, -0.05) is 18.2 Å². The molecule has 4 heteroatoms. The molecular formula is C11H10N2O2. The van der Waals surface area contributed by atoms with E-state index in [4.69, 9.17) is 5.11 Å². The van der Waals surface area contributed by atoms with Gasteiger partial charge in [0.05, 0.1) is 5.69 Å². The zero-order chi connectivity index (χ0) is 10.8. The maximum absolute atomic E-state index is 10.8. The van der Waals surface area contributed by atoms with E-state index in [1.807, 2.05) is 31.2 Å². The first-order chi connectivity index (χ1) is 7.18. The van der Waals surface area contributed by atoms with Crippen molar-refractivity contribution in [1.82, 2.24) is 0 Å². The van der Waals surface area contributed by atoms with Crippen molar-refractivity contribution in [3.05, 3.63) is 35.9 Å². The van der Waals surface area contributed by atoms with Gasteiger partial charge in [-0.2, -0.15) is 5.10 Å². The number of allylic oxidation sites excluding steroid dienone is 1. The maximum Gasteiger partial charge on any atom is 0.356 e. The average Bonchev–Trinajstić information content (AvgIpc) is 2.39. The van der Waals surface area contributed by atoms with Crippen LogP contribution in [0, 0.1) is 0 Å². The molecule has 0 aliphatic carbocycles. The van der Waals surface area contributed by atoms with Crippen LogP contribution in [-0.2, 0) is 4.79 Å². The standard InChI is InChI=1S/C11H10N2O2/c1-7-6-10(11(14)15)13-12-9-5-3-2-4-8(7)9/h2-6,12H,1H3,(H,14,15). The summed E-state index contributed by atoms with van der Waals surface area (Å²) in [6.07, 6.45) is 1.56. The monoisotopic (exact) mass is 202 g/mol. The first-order valence-electron chi connectivity index (χ1n) is 4.53. The molecule has 0 saturated carbocycles. The summed E-state index contributed by atoms with van der Waals surface area (Å²) in [4.78, 5) is 10.8. The van der Waals surface area contributed by atoms with Gasteiger partial charge in [-0.15, -0.1) is 0 Å². The van der Waals surface area contributed by atoms with Gasteiger partial charge in [0, 0.05) is 5.56 Å². The molecule has 4 nitrogen and oxygen atoms in total. The topological polar surface area (TPSA) is 61.7 Å². The summed E-state index contributed by atoms with van der Waals surface area (Å²) in [6, 6.07) is 7.57. The Morgan fingerprint density at radius 1 is 1.40 bits per heavy atom. The molecule has 0 bridgehead atoms. The Kier molecular flexibility index (Phi) is 2.25. The van der Waals surface area contributed by atoms with Crippen LogP contribution in [0.4, 0.5) is 5.69 Å². The lowest BCUT2D eigenvalue weighted by Gasteiger charge is -2.05. The molecular weight excluding hydrogens is 192 g/mol. The zero-order valence-electron chi connectivity index (χ0n) is 8.19. The molecule has 1 aromatic rings. The van der Waals surface area contributed by atoms with Gasteiger partial charge in [0.25, 0.3) is 0 Å². The van der Waals surface area contributed by atoms with Gasteiger partial charge in [-0.3, -0.25) is 5.43 Å². The molecule has 2 rings (SSSR count). The summed E-state index contributed by atoms with van der Waals surface area (Å²) in [5.74, 6) is -1.03. The SMILES string of the molecule is CC1=CC(C(=O)O)=NNc2ccccc21. The van der Waals surface area contributed by atoms with E-state index in [9.17, 15) is 4.79 Å². The Labute approximate surface area is 86.9 Å². The molecule has 0 amide bonds. The van der Waals surface area contributed by atoms with E-state index < -0.39 is 5.97 Å². The van der Waals surface area contributed by atoms with Crippen molar-refractivity contribution >= 4 is 22.9 Å².